The number of benzene rings is 1. The molecule has 0 aliphatic carbocycles. The minimum absolute atomic E-state index is 0.742. The number of anilines is 2. The van der Waals surface area contributed by atoms with Gasteiger partial charge >= 0.3 is 0 Å². The largest absolute Gasteiger partial charge is 0.325 e. The number of hydrogen-bond donors (Lipinski definition) is 1. The lowest BCUT2D eigenvalue weighted by atomic mass is 10.2. The second-order valence-corrected chi connectivity index (χ2v) is 4.55. The average molecular weight is 292 g/mol. The molecule has 88 valence electrons. The van der Waals surface area contributed by atoms with Crippen molar-refractivity contribution >= 4 is 27.6 Å². The first-order valence-corrected chi connectivity index (χ1v) is 6.16. The molecule has 1 N–H and O–H groups in total. The summed E-state index contributed by atoms with van der Waals surface area (Å²) in [6.45, 7) is 6.53. The van der Waals surface area contributed by atoms with Crippen LogP contribution in [0.2, 0.25) is 0 Å². The first kappa shape index (κ1) is 11.9. The maximum atomic E-state index is 4.28. The van der Waals surface area contributed by atoms with Crippen LogP contribution in [-0.4, -0.2) is 9.55 Å². The van der Waals surface area contributed by atoms with E-state index in [0.29, 0.717) is 0 Å². The van der Waals surface area contributed by atoms with E-state index in [1.54, 1.807) is 6.20 Å². The summed E-state index contributed by atoms with van der Waals surface area (Å²) in [7, 11) is 0. The standard InChI is InChI=1S/C13H14BrN3/c1-3-8-17-9-7-15-13(17)16-11-6-4-5-10(2)12(11)14/h3-7,9H,1,8H2,2H3,(H,15,16). The number of hydrogen-bond acceptors (Lipinski definition) is 2. The zero-order valence-electron chi connectivity index (χ0n) is 9.65. The molecule has 0 atom stereocenters. The molecule has 1 aromatic heterocycles. The van der Waals surface area contributed by atoms with Crippen molar-refractivity contribution in [3.63, 3.8) is 0 Å². The van der Waals surface area contributed by atoms with Crippen molar-refractivity contribution in [2.24, 2.45) is 0 Å². The molecule has 0 saturated carbocycles. The van der Waals surface area contributed by atoms with Gasteiger partial charge in [0.2, 0.25) is 5.95 Å². The highest BCUT2D eigenvalue weighted by Gasteiger charge is 2.06. The Kier molecular flexibility index (Phi) is 3.64. The predicted octanol–water partition coefficient (Wildman–Crippen LogP) is 3.88. The first-order chi connectivity index (χ1) is 8.22. The van der Waals surface area contributed by atoms with Gasteiger partial charge in [-0.1, -0.05) is 18.2 Å². The first-order valence-electron chi connectivity index (χ1n) is 5.36. The van der Waals surface area contributed by atoms with Crippen molar-refractivity contribution in [1.29, 1.82) is 0 Å². The Labute approximate surface area is 109 Å². The number of nitrogens with zero attached hydrogens (tertiary/aromatic N) is 2. The normalized spacial score (nSPS) is 10.2. The van der Waals surface area contributed by atoms with Crippen LogP contribution in [0.5, 0.6) is 0 Å². The maximum absolute atomic E-state index is 4.28. The molecule has 0 radical (unpaired) electrons. The third-order valence-corrected chi connectivity index (χ3v) is 3.53. The van der Waals surface area contributed by atoms with Crippen LogP contribution in [0.4, 0.5) is 11.6 Å². The van der Waals surface area contributed by atoms with Gasteiger partial charge in [0, 0.05) is 23.4 Å². The van der Waals surface area contributed by atoms with Crippen LogP contribution in [0.1, 0.15) is 5.56 Å². The van der Waals surface area contributed by atoms with Crippen molar-refractivity contribution in [2.45, 2.75) is 13.5 Å². The summed E-state index contributed by atoms with van der Waals surface area (Å²) < 4.78 is 3.06. The van der Waals surface area contributed by atoms with Crippen molar-refractivity contribution in [3.05, 3.63) is 53.3 Å². The molecule has 0 amide bonds. The molecule has 2 aromatic rings. The Morgan fingerprint density at radius 3 is 3.12 bits per heavy atom. The second kappa shape index (κ2) is 5.19. The van der Waals surface area contributed by atoms with Gasteiger partial charge in [0.1, 0.15) is 0 Å². The third kappa shape index (κ3) is 2.58. The quantitative estimate of drug-likeness (QED) is 0.867. The summed E-state index contributed by atoms with van der Waals surface area (Å²) in [4.78, 5) is 4.28. The highest BCUT2D eigenvalue weighted by Crippen LogP contribution is 2.28. The van der Waals surface area contributed by atoms with Crippen molar-refractivity contribution < 1.29 is 0 Å². The summed E-state index contributed by atoms with van der Waals surface area (Å²) in [5.41, 5.74) is 2.21. The van der Waals surface area contributed by atoms with Crippen LogP contribution < -0.4 is 5.32 Å². The topological polar surface area (TPSA) is 29.9 Å². The molecule has 17 heavy (non-hydrogen) atoms. The molecule has 1 heterocycles. The Hall–Kier alpha value is -1.55. The van der Waals surface area contributed by atoms with E-state index >= 15 is 0 Å². The van der Waals surface area contributed by atoms with E-state index in [1.165, 1.54) is 5.56 Å². The van der Waals surface area contributed by atoms with E-state index in [1.807, 2.05) is 29.0 Å². The van der Waals surface area contributed by atoms with Gasteiger partial charge in [-0.15, -0.1) is 6.58 Å². The number of imidazole rings is 1. The predicted molar refractivity (Wildman–Crippen MR) is 74.6 cm³/mol. The molecular formula is C13H14BrN3. The molecule has 2 rings (SSSR count). The number of allylic oxidation sites excluding steroid dienone is 1. The minimum Gasteiger partial charge on any atom is -0.325 e. The molecule has 4 heteroatoms. The molecular weight excluding hydrogens is 278 g/mol. The van der Waals surface area contributed by atoms with Crippen molar-refractivity contribution in [3.8, 4) is 0 Å². The van der Waals surface area contributed by atoms with Crippen molar-refractivity contribution in [2.75, 3.05) is 5.32 Å². The number of halogens is 1. The Morgan fingerprint density at radius 1 is 1.53 bits per heavy atom. The molecule has 0 unspecified atom stereocenters. The van der Waals surface area contributed by atoms with E-state index in [-0.39, 0.29) is 0 Å². The fourth-order valence-electron chi connectivity index (χ4n) is 1.58. The molecule has 1 aromatic carbocycles. The molecule has 3 nitrogen and oxygen atoms in total. The SMILES string of the molecule is C=CCn1ccnc1Nc1cccc(C)c1Br. The molecule has 0 fully saturated rings. The lowest BCUT2D eigenvalue weighted by Gasteiger charge is -2.10. The monoisotopic (exact) mass is 291 g/mol. The van der Waals surface area contributed by atoms with Crippen LogP contribution in [0.15, 0.2) is 47.7 Å². The van der Waals surface area contributed by atoms with Crippen LogP contribution in [-0.2, 0) is 6.54 Å². The van der Waals surface area contributed by atoms with Crippen LogP contribution in [0.3, 0.4) is 0 Å². The number of rotatable bonds is 4. The molecule has 0 bridgehead atoms. The fraction of sp³-hybridized carbons (Fsp3) is 0.154. The fourth-order valence-corrected chi connectivity index (χ4v) is 1.95. The zero-order chi connectivity index (χ0) is 12.3. The van der Waals surface area contributed by atoms with Crippen LogP contribution in [0, 0.1) is 6.92 Å². The molecule has 0 spiro atoms. The average Bonchev–Trinajstić information content (AvgIpc) is 2.73. The number of aryl methyl sites for hydroxylation is 1. The van der Waals surface area contributed by atoms with E-state index in [4.69, 9.17) is 0 Å². The van der Waals surface area contributed by atoms with E-state index in [0.717, 1.165) is 22.7 Å². The summed E-state index contributed by atoms with van der Waals surface area (Å²) >= 11 is 3.57. The van der Waals surface area contributed by atoms with Gasteiger partial charge in [0.05, 0.1) is 5.69 Å². The van der Waals surface area contributed by atoms with Gasteiger partial charge in [-0.25, -0.2) is 4.98 Å². The van der Waals surface area contributed by atoms with Gasteiger partial charge in [-0.05, 0) is 34.5 Å². The third-order valence-electron chi connectivity index (χ3n) is 2.48. The molecule has 0 aliphatic heterocycles. The van der Waals surface area contributed by atoms with Gasteiger partial charge in [0.25, 0.3) is 0 Å². The van der Waals surface area contributed by atoms with Gasteiger partial charge < -0.3 is 9.88 Å². The van der Waals surface area contributed by atoms with E-state index < -0.39 is 0 Å². The van der Waals surface area contributed by atoms with Crippen molar-refractivity contribution in [1.82, 2.24) is 9.55 Å². The van der Waals surface area contributed by atoms with Gasteiger partial charge in [-0.2, -0.15) is 0 Å². The zero-order valence-corrected chi connectivity index (χ0v) is 11.2. The Balaban J connectivity index is 2.28. The lowest BCUT2D eigenvalue weighted by molar-refractivity contribution is 0.833. The minimum atomic E-state index is 0.742. The highest BCUT2D eigenvalue weighted by molar-refractivity contribution is 9.10. The summed E-state index contributed by atoms with van der Waals surface area (Å²) in [5.74, 6) is 0.816. The summed E-state index contributed by atoms with van der Waals surface area (Å²) in [6.07, 6.45) is 5.54. The maximum Gasteiger partial charge on any atom is 0.207 e. The van der Waals surface area contributed by atoms with E-state index in [9.17, 15) is 0 Å². The van der Waals surface area contributed by atoms with Crippen LogP contribution in [0.25, 0.3) is 0 Å². The molecule has 0 aliphatic rings. The summed E-state index contributed by atoms with van der Waals surface area (Å²) in [6, 6.07) is 6.10. The van der Waals surface area contributed by atoms with Gasteiger partial charge in [0.15, 0.2) is 0 Å². The number of aromatic nitrogens is 2. The number of nitrogens with one attached hydrogen (secondary N) is 1. The van der Waals surface area contributed by atoms with E-state index in [2.05, 4.69) is 45.8 Å². The summed E-state index contributed by atoms with van der Waals surface area (Å²) in [5, 5.41) is 3.30. The lowest BCUT2D eigenvalue weighted by Crippen LogP contribution is -2.02. The van der Waals surface area contributed by atoms with Crippen LogP contribution >= 0.6 is 15.9 Å². The Morgan fingerprint density at radius 2 is 2.35 bits per heavy atom. The Bertz CT molecular complexity index is 531. The highest BCUT2D eigenvalue weighted by atomic mass is 79.9. The smallest absolute Gasteiger partial charge is 0.207 e. The second-order valence-electron chi connectivity index (χ2n) is 3.75. The molecule has 0 saturated heterocycles. The van der Waals surface area contributed by atoms with Gasteiger partial charge in [-0.3, -0.25) is 0 Å².